The summed E-state index contributed by atoms with van der Waals surface area (Å²) in [4.78, 5) is 16.8. The molecule has 3 heterocycles. The molecule has 0 atom stereocenters. The van der Waals surface area contributed by atoms with Gasteiger partial charge in [-0.1, -0.05) is 36.4 Å². The van der Waals surface area contributed by atoms with Gasteiger partial charge in [-0.2, -0.15) is 4.68 Å². The standard InChI is InChI=1S/C24H21N5O3S/c1-17-25-26-27-29(17)21(14-18-6-3-2-4-7-18)24(30)28(16-20-8-5-13-33-20)19-9-10-22-23(15-19)32-12-11-31-22/h2-10,13-15H,11-12,16H2,1H3/b21-14-. The van der Waals surface area contributed by atoms with Gasteiger partial charge in [-0.05, 0) is 52.6 Å². The van der Waals surface area contributed by atoms with E-state index in [-0.39, 0.29) is 5.91 Å². The Morgan fingerprint density at radius 1 is 1.09 bits per heavy atom. The molecule has 0 radical (unpaired) electrons. The summed E-state index contributed by atoms with van der Waals surface area (Å²) in [6, 6.07) is 19.2. The van der Waals surface area contributed by atoms with Crippen molar-refractivity contribution in [1.82, 2.24) is 20.2 Å². The van der Waals surface area contributed by atoms with E-state index in [2.05, 4.69) is 15.5 Å². The molecule has 9 heteroatoms. The molecule has 2 aromatic carbocycles. The molecule has 1 aliphatic rings. The molecule has 0 fully saturated rings. The summed E-state index contributed by atoms with van der Waals surface area (Å²) < 4.78 is 12.9. The van der Waals surface area contributed by atoms with Crippen molar-refractivity contribution < 1.29 is 14.3 Å². The van der Waals surface area contributed by atoms with Gasteiger partial charge in [0.1, 0.15) is 18.9 Å². The molecule has 0 unspecified atom stereocenters. The zero-order chi connectivity index (χ0) is 22.6. The maximum atomic E-state index is 14.1. The van der Waals surface area contributed by atoms with Crippen LogP contribution in [0.25, 0.3) is 11.8 Å². The maximum absolute atomic E-state index is 14.1. The van der Waals surface area contributed by atoms with Gasteiger partial charge in [0, 0.05) is 16.6 Å². The Morgan fingerprint density at radius 2 is 1.91 bits per heavy atom. The third kappa shape index (κ3) is 4.49. The minimum atomic E-state index is -0.237. The first-order valence-corrected chi connectivity index (χ1v) is 11.3. The van der Waals surface area contributed by atoms with E-state index in [1.807, 2.05) is 66.0 Å². The van der Waals surface area contributed by atoms with Gasteiger partial charge < -0.3 is 14.4 Å². The number of anilines is 1. The van der Waals surface area contributed by atoms with Crippen molar-refractivity contribution in [3.8, 4) is 11.5 Å². The summed E-state index contributed by atoms with van der Waals surface area (Å²) in [7, 11) is 0. The molecule has 4 aromatic rings. The van der Waals surface area contributed by atoms with Gasteiger partial charge >= 0.3 is 0 Å². The normalized spacial score (nSPS) is 13.1. The van der Waals surface area contributed by atoms with Crippen LogP contribution >= 0.6 is 11.3 Å². The Kier molecular flexibility index (Phi) is 5.86. The van der Waals surface area contributed by atoms with E-state index < -0.39 is 0 Å². The van der Waals surface area contributed by atoms with Crippen LogP contribution in [0.5, 0.6) is 11.5 Å². The highest BCUT2D eigenvalue weighted by molar-refractivity contribution is 7.09. The number of fused-ring (bicyclic) bond motifs is 1. The van der Waals surface area contributed by atoms with Crippen molar-refractivity contribution in [3.63, 3.8) is 0 Å². The topological polar surface area (TPSA) is 82.4 Å². The van der Waals surface area contributed by atoms with Crippen molar-refractivity contribution in [2.45, 2.75) is 13.5 Å². The number of amides is 1. The number of aromatic nitrogens is 4. The fraction of sp³-hybridized carbons (Fsp3) is 0.167. The Balaban J connectivity index is 1.60. The van der Waals surface area contributed by atoms with Gasteiger partial charge in [-0.3, -0.25) is 4.79 Å². The molecule has 0 spiro atoms. The van der Waals surface area contributed by atoms with Crippen LogP contribution in [-0.2, 0) is 11.3 Å². The van der Waals surface area contributed by atoms with Crippen LogP contribution < -0.4 is 14.4 Å². The van der Waals surface area contributed by atoms with Crippen LogP contribution in [0.15, 0.2) is 66.0 Å². The highest BCUT2D eigenvalue weighted by Crippen LogP contribution is 2.35. The fourth-order valence-corrected chi connectivity index (χ4v) is 4.24. The van der Waals surface area contributed by atoms with Crippen LogP contribution in [0.1, 0.15) is 16.3 Å². The lowest BCUT2D eigenvalue weighted by Crippen LogP contribution is -2.33. The van der Waals surface area contributed by atoms with Gasteiger partial charge in [-0.25, -0.2) is 0 Å². The average Bonchev–Trinajstić information content (AvgIpc) is 3.53. The molecule has 1 amide bonds. The van der Waals surface area contributed by atoms with Crippen molar-refractivity contribution in [2.24, 2.45) is 0 Å². The molecule has 0 N–H and O–H groups in total. The summed E-state index contributed by atoms with van der Waals surface area (Å²) >= 11 is 1.59. The number of ether oxygens (including phenoxy) is 2. The number of benzene rings is 2. The molecule has 2 aromatic heterocycles. The second-order valence-corrected chi connectivity index (χ2v) is 8.41. The lowest BCUT2D eigenvalue weighted by atomic mass is 10.1. The smallest absolute Gasteiger partial charge is 0.277 e. The first kappa shape index (κ1) is 20.9. The minimum absolute atomic E-state index is 0.237. The lowest BCUT2D eigenvalue weighted by Gasteiger charge is -2.26. The molecule has 0 aliphatic carbocycles. The SMILES string of the molecule is Cc1nnnn1/C(=C\c1ccccc1)C(=O)N(Cc1cccs1)c1ccc2c(c1)OCCO2. The third-order valence-electron chi connectivity index (χ3n) is 5.15. The van der Waals surface area contributed by atoms with E-state index in [1.165, 1.54) is 4.68 Å². The van der Waals surface area contributed by atoms with Gasteiger partial charge in [0.05, 0.1) is 6.54 Å². The van der Waals surface area contributed by atoms with Crippen molar-refractivity contribution in [1.29, 1.82) is 0 Å². The van der Waals surface area contributed by atoms with E-state index in [1.54, 1.807) is 29.2 Å². The van der Waals surface area contributed by atoms with Crippen molar-refractivity contribution >= 4 is 34.7 Å². The van der Waals surface area contributed by atoms with E-state index in [0.717, 1.165) is 10.4 Å². The molecule has 5 rings (SSSR count). The largest absolute Gasteiger partial charge is 0.486 e. The zero-order valence-electron chi connectivity index (χ0n) is 17.9. The number of carbonyl (C=O) groups excluding carboxylic acids is 1. The summed E-state index contributed by atoms with van der Waals surface area (Å²) in [5, 5.41) is 13.8. The Hall–Kier alpha value is -3.98. The van der Waals surface area contributed by atoms with Crippen LogP contribution in [0.4, 0.5) is 5.69 Å². The maximum Gasteiger partial charge on any atom is 0.277 e. The summed E-state index contributed by atoms with van der Waals surface area (Å²) in [6.45, 7) is 3.13. The van der Waals surface area contributed by atoms with Crippen molar-refractivity contribution in [3.05, 3.63) is 82.3 Å². The van der Waals surface area contributed by atoms with Crippen molar-refractivity contribution in [2.75, 3.05) is 18.1 Å². The third-order valence-corrected chi connectivity index (χ3v) is 6.01. The predicted molar refractivity (Wildman–Crippen MR) is 126 cm³/mol. The van der Waals surface area contributed by atoms with E-state index >= 15 is 0 Å². The van der Waals surface area contributed by atoms with Gasteiger partial charge in [0.25, 0.3) is 5.91 Å². The molecule has 0 saturated heterocycles. The van der Waals surface area contributed by atoms with Crippen LogP contribution in [0.2, 0.25) is 0 Å². The number of rotatable bonds is 6. The lowest BCUT2D eigenvalue weighted by molar-refractivity contribution is -0.113. The second kappa shape index (κ2) is 9.25. The summed E-state index contributed by atoms with van der Waals surface area (Å²) in [5.74, 6) is 1.57. The number of aryl methyl sites for hydroxylation is 1. The molecular formula is C24H21N5O3S. The Labute approximate surface area is 194 Å². The first-order chi connectivity index (χ1) is 16.2. The minimum Gasteiger partial charge on any atom is -0.486 e. The van der Waals surface area contributed by atoms with E-state index in [4.69, 9.17) is 9.47 Å². The highest BCUT2D eigenvalue weighted by atomic mass is 32.1. The summed E-state index contributed by atoms with van der Waals surface area (Å²) in [6.07, 6.45) is 1.80. The number of hydrogen-bond acceptors (Lipinski definition) is 7. The van der Waals surface area contributed by atoms with Crippen LogP contribution in [0.3, 0.4) is 0 Å². The average molecular weight is 460 g/mol. The van der Waals surface area contributed by atoms with Gasteiger partial charge in [0.2, 0.25) is 0 Å². The number of nitrogens with zero attached hydrogens (tertiary/aromatic N) is 5. The van der Waals surface area contributed by atoms with Crippen LogP contribution in [0, 0.1) is 6.92 Å². The quantitative estimate of drug-likeness (QED) is 0.405. The number of hydrogen-bond donors (Lipinski definition) is 0. The van der Waals surface area contributed by atoms with E-state index in [0.29, 0.717) is 48.5 Å². The van der Waals surface area contributed by atoms with Gasteiger partial charge in [-0.15, -0.1) is 16.4 Å². The molecule has 1 aliphatic heterocycles. The highest BCUT2D eigenvalue weighted by Gasteiger charge is 2.26. The number of carbonyl (C=O) groups is 1. The Bertz CT molecular complexity index is 1280. The molecule has 166 valence electrons. The Morgan fingerprint density at radius 3 is 2.64 bits per heavy atom. The second-order valence-electron chi connectivity index (χ2n) is 7.38. The molecule has 0 bridgehead atoms. The van der Waals surface area contributed by atoms with Crippen LogP contribution in [-0.4, -0.2) is 39.3 Å². The molecule has 0 saturated carbocycles. The number of tetrazole rings is 1. The summed E-state index contributed by atoms with van der Waals surface area (Å²) in [5.41, 5.74) is 1.91. The fourth-order valence-electron chi connectivity index (χ4n) is 3.55. The molecule has 33 heavy (non-hydrogen) atoms. The zero-order valence-corrected chi connectivity index (χ0v) is 18.7. The predicted octanol–water partition coefficient (Wildman–Crippen LogP) is 4.05. The van der Waals surface area contributed by atoms with Gasteiger partial charge in [0.15, 0.2) is 17.3 Å². The molecular weight excluding hydrogens is 438 g/mol. The monoisotopic (exact) mass is 459 g/mol. The first-order valence-electron chi connectivity index (χ1n) is 10.4. The van der Waals surface area contributed by atoms with E-state index in [9.17, 15) is 4.79 Å². The molecule has 8 nitrogen and oxygen atoms in total. The number of thiophene rings is 1.